The van der Waals surface area contributed by atoms with Gasteiger partial charge in [-0.1, -0.05) is 0 Å². The average molecular weight is 188 g/mol. The Bertz CT molecular complexity index is 347. The Labute approximate surface area is 57.7 Å². The number of hydrogen-bond donors (Lipinski definition) is 1. The van der Waals surface area contributed by atoms with Crippen LogP contribution in [-0.4, -0.2) is 25.7 Å². The van der Waals surface area contributed by atoms with Crippen molar-refractivity contribution >= 4 is 20.2 Å². The molecular weight excluding hydrogens is 184 g/mol. The SMILES string of the molecule is CC1(S(=O)(=O)O)OS1(=O)=O. The zero-order valence-corrected chi connectivity index (χ0v) is 6.44. The van der Waals surface area contributed by atoms with E-state index in [-0.39, 0.29) is 0 Å². The molecule has 0 aromatic rings. The predicted molar refractivity (Wildman–Crippen MR) is 30.0 cm³/mol. The van der Waals surface area contributed by atoms with Crippen molar-refractivity contribution in [1.82, 2.24) is 0 Å². The minimum Gasteiger partial charge on any atom is -0.282 e. The van der Waals surface area contributed by atoms with Crippen molar-refractivity contribution in [2.45, 2.75) is 11.2 Å². The lowest BCUT2D eigenvalue weighted by Crippen LogP contribution is -2.20. The molecular formula is C2H4O6S2. The van der Waals surface area contributed by atoms with E-state index in [9.17, 15) is 16.8 Å². The Morgan fingerprint density at radius 2 is 1.80 bits per heavy atom. The van der Waals surface area contributed by atoms with Crippen LogP contribution in [0.5, 0.6) is 0 Å². The van der Waals surface area contributed by atoms with Gasteiger partial charge < -0.3 is 0 Å². The van der Waals surface area contributed by atoms with E-state index < -0.39 is 24.5 Å². The van der Waals surface area contributed by atoms with E-state index in [0.717, 1.165) is 6.92 Å². The number of rotatable bonds is 1. The molecule has 60 valence electrons. The first-order valence-corrected chi connectivity index (χ1v) is 4.98. The van der Waals surface area contributed by atoms with Gasteiger partial charge in [-0.2, -0.15) is 16.8 Å². The summed E-state index contributed by atoms with van der Waals surface area (Å²) >= 11 is 0. The summed E-state index contributed by atoms with van der Waals surface area (Å²) in [4.78, 5) is 0. The Morgan fingerprint density at radius 3 is 1.80 bits per heavy atom. The molecule has 1 aliphatic rings. The van der Waals surface area contributed by atoms with Crippen molar-refractivity contribution in [3.63, 3.8) is 0 Å². The van der Waals surface area contributed by atoms with Crippen molar-refractivity contribution in [3.05, 3.63) is 0 Å². The monoisotopic (exact) mass is 188 g/mol. The van der Waals surface area contributed by atoms with Crippen LogP contribution < -0.4 is 0 Å². The first kappa shape index (κ1) is 7.92. The second-order valence-electron chi connectivity index (χ2n) is 1.87. The van der Waals surface area contributed by atoms with E-state index in [1.165, 1.54) is 0 Å². The van der Waals surface area contributed by atoms with Crippen molar-refractivity contribution in [2.75, 3.05) is 0 Å². The second kappa shape index (κ2) is 1.52. The molecule has 0 spiro atoms. The fourth-order valence-corrected chi connectivity index (χ4v) is 2.53. The van der Waals surface area contributed by atoms with Gasteiger partial charge in [0.1, 0.15) is 0 Å². The minimum absolute atomic E-state index is 0.762. The van der Waals surface area contributed by atoms with Gasteiger partial charge in [-0.15, -0.1) is 0 Å². The molecule has 1 heterocycles. The average Bonchev–Trinajstić information content (AvgIpc) is 2.05. The van der Waals surface area contributed by atoms with Gasteiger partial charge in [0.15, 0.2) is 0 Å². The van der Waals surface area contributed by atoms with Crippen LogP contribution in [-0.2, 0) is 24.4 Å². The highest BCUT2D eigenvalue weighted by Crippen LogP contribution is 2.42. The summed E-state index contributed by atoms with van der Waals surface area (Å²) in [5.41, 5.74) is 0. The third-order valence-electron chi connectivity index (χ3n) is 1.16. The van der Waals surface area contributed by atoms with Crippen molar-refractivity contribution in [3.8, 4) is 0 Å². The van der Waals surface area contributed by atoms with Crippen LogP contribution in [0.15, 0.2) is 0 Å². The molecule has 0 aromatic heterocycles. The zero-order chi connectivity index (χ0) is 8.21. The molecule has 0 bridgehead atoms. The van der Waals surface area contributed by atoms with Gasteiger partial charge in [0.25, 0.3) is 0 Å². The van der Waals surface area contributed by atoms with Crippen LogP contribution >= 0.6 is 0 Å². The van der Waals surface area contributed by atoms with Crippen LogP contribution in [0.25, 0.3) is 0 Å². The highest BCUT2D eigenvalue weighted by Gasteiger charge is 2.70. The van der Waals surface area contributed by atoms with Gasteiger partial charge in [0, 0.05) is 6.92 Å². The summed E-state index contributed by atoms with van der Waals surface area (Å²) in [5, 5.41) is 0. The fraction of sp³-hybridized carbons (Fsp3) is 1.00. The van der Waals surface area contributed by atoms with Gasteiger partial charge in [0.05, 0.1) is 0 Å². The summed E-state index contributed by atoms with van der Waals surface area (Å²) < 4.78 is 50.5. The van der Waals surface area contributed by atoms with E-state index in [1.807, 2.05) is 0 Å². The van der Waals surface area contributed by atoms with Gasteiger partial charge in [-0.3, -0.25) is 4.55 Å². The standard InChI is InChI=1S/C2H4O6S2/c1-2(9(3,4)5)8-10(2,6)7/h1H3,(H,3,4,5). The molecule has 1 unspecified atom stereocenters. The van der Waals surface area contributed by atoms with Gasteiger partial charge in [-0.25, -0.2) is 4.18 Å². The third-order valence-corrected chi connectivity index (χ3v) is 4.92. The van der Waals surface area contributed by atoms with Crippen LogP contribution in [0.1, 0.15) is 6.92 Å². The third kappa shape index (κ3) is 0.764. The molecule has 10 heavy (non-hydrogen) atoms. The first-order valence-electron chi connectivity index (χ1n) is 2.13. The topological polar surface area (TPSA) is 101 Å². The molecule has 8 heteroatoms. The quantitative estimate of drug-likeness (QED) is 0.414. The highest BCUT2D eigenvalue weighted by atomic mass is 32.3. The predicted octanol–water partition coefficient (Wildman–Crippen LogP) is -1.09. The Kier molecular flexibility index (Phi) is 1.21. The zero-order valence-electron chi connectivity index (χ0n) is 4.80. The maximum absolute atomic E-state index is 10.3. The summed E-state index contributed by atoms with van der Waals surface area (Å²) in [6, 6.07) is 0. The maximum Gasteiger partial charge on any atom is 0.333 e. The smallest absolute Gasteiger partial charge is 0.282 e. The van der Waals surface area contributed by atoms with E-state index in [1.54, 1.807) is 0 Å². The summed E-state index contributed by atoms with van der Waals surface area (Å²) in [6.45, 7) is 0.762. The molecule has 6 nitrogen and oxygen atoms in total. The molecule has 0 radical (unpaired) electrons. The van der Waals surface area contributed by atoms with Crippen LogP contribution in [0, 0.1) is 0 Å². The second-order valence-corrected chi connectivity index (χ2v) is 5.72. The Balaban J connectivity index is 3.25. The Morgan fingerprint density at radius 1 is 1.50 bits per heavy atom. The highest BCUT2D eigenvalue weighted by molar-refractivity contribution is 8.10. The lowest BCUT2D eigenvalue weighted by molar-refractivity contribution is 0.373. The van der Waals surface area contributed by atoms with Gasteiger partial charge in [0.2, 0.25) is 0 Å². The largest absolute Gasteiger partial charge is 0.333 e. The molecule has 1 aliphatic heterocycles. The fourth-order valence-electron chi connectivity index (χ4n) is 0.354. The Hall–Kier alpha value is -0.180. The minimum atomic E-state index is -4.65. The van der Waals surface area contributed by atoms with Crippen LogP contribution in [0.2, 0.25) is 0 Å². The van der Waals surface area contributed by atoms with Crippen LogP contribution in [0.3, 0.4) is 0 Å². The van der Waals surface area contributed by atoms with E-state index >= 15 is 0 Å². The van der Waals surface area contributed by atoms with E-state index in [2.05, 4.69) is 4.18 Å². The molecule has 0 aliphatic carbocycles. The van der Waals surface area contributed by atoms with Crippen molar-refractivity contribution in [1.29, 1.82) is 0 Å². The molecule has 0 amide bonds. The van der Waals surface area contributed by atoms with Gasteiger partial charge in [-0.05, 0) is 0 Å². The molecule has 1 atom stereocenters. The van der Waals surface area contributed by atoms with E-state index in [4.69, 9.17) is 4.55 Å². The van der Waals surface area contributed by atoms with Gasteiger partial charge >= 0.3 is 24.5 Å². The summed E-state index contributed by atoms with van der Waals surface area (Å²) in [5.74, 6) is 0. The first-order chi connectivity index (χ1) is 4.21. The molecule has 1 rings (SSSR count). The molecule has 1 saturated heterocycles. The summed E-state index contributed by atoms with van der Waals surface area (Å²) in [7, 11) is -8.70. The van der Waals surface area contributed by atoms with Crippen molar-refractivity contribution in [2.24, 2.45) is 0 Å². The summed E-state index contributed by atoms with van der Waals surface area (Å²) in [6.07, 6.45) is 0. The number of hydrogen-bond acceptors (Lipinski definition) is 5. The molecule has 1 fully saturated rings. The van der Waals surface area contributed by atoms with Crippen molar-refractivity contribution < 1.29 is 25.6 Å². The van der Waals surface area contributed by atoms with Crippen LogP contribution in [0.4, 0.5) is 0 Å². The molecule has 0 saturated carbocycles. The lowest BCUT2D eigenvalue weighted by atomic mass is 10.9. The normalized spacial score (nSPS) is 37.4. The van der Waals surface area contributed by atoms with E-state index in [0.29, 0.717) is 0 Å². The lowest BCUT2D eigenvalue weighted by Gasteiger charge is -1.91. The molecule has 0 aromatic carbocycles. The molecule has 1 N–H and O–H groups in total. The maximum atomic E-state index is 10.3.